The molecule has 190 valence electrons. The van der Waals surface area contributed by atoms with Crippen LogP contribution in [0.2, 0.25) is 0 Å². The van der Waals surface area contributed by atoms with Gasteiger partial charge in [0.05, 0.1) is 29.5 Å². The van der Waals surface area contributed by atoms with Crippen LogP contribution in [0.4, 0.5) is 15.8 Å². The summed E-state index contributed by atoms with van der Waals surface area (Å²) in [6.45, 7) is 6.05. The Morgan fingerprint density at radius 2 is 1.69 bits per heavy atom. The second-order valence-electron chi connectivity index (χ2n) is 8.69. The van der Waals surface area contributed by atoms with Gasteiger partial charge in [-0.1, -0.05) is 0 Å². The van der Waals surface area contributed by atoms with Crippen molar-refractivity contribution in [2.24, 2.45) is 0 Å². The summed E-state index contributed by atoms with van der Waals surface area (Å²) in [5, 5.41) is 2.86. The van der Waals surface area contributed by atoms with Crippen LogP contribution in [0, 0.1) is 5.82 Å². The smallest absolute Gasteiger partial charge is 0.265 e. The first kappa shape index (κ1) is 25.4. The van der Waals surface area contributed by atoms with Crippen LogP contribution < -0.4 is 15.0 Å². The average Bonchev–Trinajstić information content (AvgIpc) is 2.86. The molecule has 1 N–H and O–H groups in total. The Hall–Kier alpha value is -2.73. The van der Waals surface area contributed by atoms with Crippen LogP contribution in [-0.4, -0.2) is 89.2 Å². The van der Waals surface area contributed by atoms with E-state index in [2.05, 4.69) is 15.1 Å². The SMILES string of the molecule is C[C@H](Oc1ccc(F)cc1)C(=O)Nc1cc(S(=O)(=O)N2CCOCC2)ccc1N1CCN(C)CC1. The first-order chi connectivity index (χ1) is 16.7. The van der Waals surface area contributed by atoms with Crippen LogP contribution in [0.15, 0.2) is 47.4 Å². The number of amides is 1. The molecule has 2 heterocycles. The van der Waals surface area contributed by atoms with E-state index in [1.165, 1.54) is 34.6 Å². The molecule has 2 saturated heterocycles. The minimum absolute atomic E-state index is 0.111. The third-order valence-corrected chi connectivity index (χ3v) is 8.07. The molecule has 2 aliphatic rings. The first-order valence-corrected chi connectivity index (χ1v) is 13.1. The fourth-order valence-corrected chi connectivity index (χ4v) is 5.47. The molecule has 11 heteroatoms. The van der Waals surface area contributed by atoms with Crippen LogP contribution in [0.5, 0.6) is 5.75 Å². The van der Waals surface area contributed by atoms with Crippen molar-refractivity contribution >= 4 is 27.3 Å². The molecule has 0 aromatic heterocycles. The number of nitrogens with zero attached hydrogens (tertiary/aromatic N) is 3. The van der Waals surface area contributed by atoms with Gasteiger partial charge in [-0.05, 0) is 56.4 Å². The van der Waals surface area contributed by atoms with Gasteiger partial charge in [0.25, 0.3) is 5.91 Å². The molecule has 0 radical (unpaired) electrons. The summed E-state index contributed by atoms with van der Waals surface area (Å²) in [4.78, 5) is 17.5. The van der Waals surface area contributed by atoms with Crippen molar-refractivity contribution in [3.63, 3.8) is 0 Å². The number of rotatable bonds is 7. The lowest BCUT2D eigenvalue weighted by Crippen LogP contribution is -2.45. The average molecular weight is 507 g/mol. The molecule has 2 aromatic carbocycles. The molecule has 0 saturated carbocycles. The molecule has 0 unspecified atom stereocenters. The lowest BCUT2D eigenvalue weighted by molar-refractivity contribution is -0.122. The van der Waals surface area contributed by atoms with E-state index in [1.807, 2.05) is 7.05 Å². The maximum Gasteiger partial charge on any atom is 0.265 e. The van der Waals surface area contributed by atoms with Crippen molar-refractivity contribution in [2.75, 3.05) is 69.7 Å². The van der Waals surface area contributed by atoms with Gasteiger partial charge in [-0.15, -0.1) is 0 Å². The molecule has 0 aliphatic carbocycles. The van der Waals surface area contributed by atoms with E-state index < -0.39 is 27.9 Å². The van der Waals surface area contributed by atoms with Crippen molar-refractivity contribution < 1.29 is 27.1 Å². The lowest BCUT2D eigenvalue weighted by atomic mass is 10.2. The number of morpholine rings is 1. The molecule has 4 rings (SSSR count). The molecular weight excluding hydrogens is 475 g/mol. The standard InChI is InChI=1S/C24H31FN4O5S/c1-18(34-20-5-3-19(25)4-6-20)24(30)26-22-17-21(35(31,32)29-13-15-33-16-14-29)7-8-23(22)28-11-9-27(2)10-12-28/h3-8,17-18H,9-16H2,1-2H3,(H,26,30)/t18-/m0/s1. The summed E-state index contributed by atoms with van der Waals surface area (Å²) in [5.74, 6) is -0.479. The largest absolute Gasteiger partial charge is 0.481 e. The van der Waals surface area contributed by atoms with Crippen LogP contribution in [-0.2, 0) is 19.6 Å². The fraction of sp³-hybridized carbons (Fsp3) is 0.458. The molecule has 0 bridgehead atoms. The fourth-order valence-electron chi connectivity index (χ4n) is 4.04. The number of hydrogen-bond acceptors (Lipinski definition) is 7. The Bertz CT molecular complexity index is 1130. The van der Waals surface area contributed by atoms with E-state index in [0.29, 0.717) is 24.7 Å². The lowest BCUT2D eigenvalue weighted by Gasteiger charge is -2.35. The second-order valence-corrected chi connectivity index (χ2v) is 10.6. The number of sulfonamides is 1. The van der Waals surface area contributed by atoms with E-state index in [-0.39, 0.29) is 18.0 Å². The molecular formula is C24H31FN4O5S. The van der Waals surface area contributed by atoms with Crippen LogP contribution in [0.1, 0.15) is 6.92 Å². The summed E-state index contributed by atoms with van der Waals surface area (Å²) in [5.41, 5.74) is 1.16. The molecule has 2 fully saturated rings. The number of halogens is 1. The van der Waals surface area contributed by atoms with Crippen molar-refractivity contribution in [3.05, 3.63) is 48.3 Å². The highest BCUT2D eigenvalue weighted by atomic mass is 32.2. The number of hydrogen-bond donors (Lipinski definition) is 1. The summed E-state index contributed by atoms with van der Waals surface area (Å²) in [6.07, 6.45) is -0.889. The minimum Gasteiger partial charge on any atom is -0.481 e. The van der Waals surface area contributed by atoms with Gasteiger partial charge in [0.2, 0.25) is 10.0 Å². The van der Waals surface area contributed by atoms with Gasteiger partial charge in [0.1, 0.15) is 11.6 Å². The normalized spacial score (nSPS) is 18.8. The Labute approximate surface area is 205 Å². The van der Waals surface area contributed by atoms with E-state index in [9.17, 15) is 17.6 Å². The number of anilines is 2. The predicted molar refractivity (Wildman–Crippen MR) is 131 cm³/mol. The number of carbonyl (C=O) groups is 1. The van der Waals surface area contributed by atoms with Crippen LogP contribution >= 0.6 is 0 Å². The number of nitrogens with one attached hydrogen (secondary N) is 1. The quantitative estimate of drug-likeness (QED) is 0.614. The molecule has 2 aromatic rings. The number of likely N-dealkylation sites (N-methyl/N-ethyl adjacent to an activating group) is 1. The summed E-state index contributed by atoms with van der Waals surface area (Å²) >= 11 is 0. The van der Waals surface area contributed by atoms with Gasteiger partial charge in [0.15, 0.2) is 6.10 Å². The van der Waals surface area contributed by atoms with E-state index in [1.54, 1.807) is 19.1 Å². The van der Waals surface area contributed by atoms with Gasteiger partial charge >= 0.3 is 0 Å². The van der Waals surface area contributed by atoms with Crippen molar-refractivity contribution in [1.29, 1.82) is 0 Å². The molecule has 1 amide bonds. The van der Waals surface area contributed by atoms with Gasteiger partial charge < -0.3 is 24.6 Å². The molecule has 0 spiro atoms. The minimum atomic E-state index is -3.74. The summed E-state index contributed by atoms with van der Waals surface area (Å²) < 4.78 is 52.0. The first-order valence-electron chi connectivity index (χ1n) is 11.6. The summed E-state index contributed by atoms with van der Waals surface area (Å²) in [7, 11) is -1.69. The zero-order valence-corrected chi connectivity index (χ0v) is 20.8. The number of benzene rings is 2. The third kappa shape index (κ3) is 6.10. The predicted octanol–water partition coefficient (Wildman–Crippen LogP) is 2.00. The van der Waals surface area contributed by atoms with E-state index in [4.69, 9.17) is 9.47 Å². The number of ether oxygens (including phenoxy) is 2. The van der Waals surface area contributed by atoms with Crippen LogP contribution in [0.25, 0.3) is 0 Å². The molecule has 2 aliphatic heterocycles. The number of carbonyl (C=O) groups excluding carboxylic acids is 1. The van der Waals surface area contributed by atoms with Crippen molar-refractivity contribution in [1.82, 2.24) is 9.21 Å². The van der Waals surface area contributed by atoms with E-state index >= 15 is 0 Å². The zero-order chi connectivity index (χ0) is 25.0. The highest BCUT2D eigenvalue weighted by Crippen LogP contribution is 2.31. The molecule has 1 atom stereocenters. The number of piperazine rings is 1. The highest BCUT2D eigenvalue weighted by Gasteiger charge is 2.28. The van der Waals surface area contributed by atoms with Crippen molar-refractivity contribution in [2.45, 2.75) is 17.9 Å². The van der Waals surface area contributed by atoms with Gasteiger partial charge in [-0.25, -0.2) is 12.8 Å². The second kappa shape index (κ2) is 10.9. The third-order valence-electron chi connectivity index (χ3n) is 6.17. The maximum atomic E-state index is 13.2. The van der Waals surface area contributed by atoms with E-state index in [0.717, 1.165) is 31.9 Å². The topological polar surface area (TPSA) is 91.4 Å². The Morgan fingerprint density at radius 3 is 2.34 bits per heavy atom. The Morgan fingerprint density at radius 1 is 1.03 bits per heavy atom. The van der Waals surface area contributed by atoms with Crippen molar-refractivity contribution in [3.8, 4) is 5.75 Å². The van der Waals surface area contributed by atoms with Crippen LogP contribution in [0.3, 0.4) is 0 Å². The molecule has 35 heavy (non-hydrogen) atoms. The Kier molecular flexibility index (Phi) is 7.90. The van der Waals surface area contributed by atoms with Gasteiger partial charge in [0, 0.05) is 39.3 Å². The molecule has 9 nitrogen and oxygen atoms in total. The maximum absolute atomic E-state index is 13.2. The highest BCUT2D eigenvalue weighted by molar-refractivity contribution is 7.89. The Balaban J connectivity index is 1.59. The van der Waals surface area contributed by atoms with Gasteiger partial charge in [-0.3, -0.25) is 4.79 Å². The zero-order valence-electron chi connectivity index (χ0n) is 19.9. The monoisotopic (exact) mass is 506 g/mol. The van der Waals surface area contributed by atoms with Gasteiger partial charge in [-0.2, -0.15) is 4.31 Å². The summed E-state index contributed by atoms with van der Waals surface area (Å²) in [6, 6.07) is 10.3.